The first-order valence-electron chi connectivity index (χ1n) is 8.28. The first-order chi connectivity index (χ1) is 13.0. The summed E-state index contributed by atoms with van der Waals surface area (Å²) in [6, 6.07) is 14.9. The molecule has 0 fully saturated rings. The van der Waals surface area contributed by atoms with Crippen LogP contribution in [0.2, 0.25) is 5.02 Å². The highest BCUT2D eigenvalue weighted by atomic mass is 35.5. The van der Waals surface area contributed by atoms with Crippen molar-refractivity contribution in [3.63, 3.8) is 0 Å². The summed E-state index contributed by atoms with van der Waals surface area (Å²) in [5, 5.41) is 12.2. The summed E-state index contributed by atoms with van der Waals surface area (Å²) in [5.74, 6) is 1.51. The highest BCUT2D eigenvalue weighted by Crippen LogP contribution is 2.22. The van der Waals surface area contributed by atoms with Crippen molar-refractivity contribution >= 4 is 35.0 Å². The Morgan fingerprint density at radius 3 is 2.81 bits per heavy atom. The Labute approximate surface area is 166 Å². The minimum absolute atomic E-state index is 0.159. The number of thioether (sulfide) groups is 1. The molecular weight excluding hydrogens is 384 g/mol. The van der Waals surface area contributed by atoms with Crippen molar-refractivity contribution in [1.29, 1.82) is 0 Å². The average molecular weight is 403 g/mol. The van der Waals surface area contributed by atoms with Gasteiger partial charge in [0.1, 0.15) is 12.4 Å². The summed E-state index contributed by atoms with van der Waals surface area (Å²) in [4.78, 5) is 12.1. The second-order valence-corrected chi connectivity index (χ2v) is 7.23. The molecule has 0 aliphatic heterocycles. The number of carbonyl (C=O) groups is 1. The summed E-state index contributed by atoms with van der Waals surface area (Å²) in [6.07, 6.45) is 0. The zero-order valence-electron chi connectivity index (χ0n) is 15.0. The van der Waals surface area contributed by atoms with Crippen molar-refractivity contribution in [3.8, 4) is 5.75 Å². The Bertz CT molecular complexity index is 945. The third kappa shape index (κ3) is 5.24. The summed E-state index contributed by atoms with van der Waals surface area (Å²) >= 11 is 7.35. The van der Waals surface area contributed by atoms with Crippen LogP contribution >= 0.6 is 23.4 Å². The lowest BCUT2D eigenvalue weighted by molar-refractivity contribution is -0.113. The van der Waals surface area contributed by atoms with E-state index in [9.17, 15) is 4.79 Å². The third-order valence-corrected chi connectivity index (χ3v) is 5.11. The highest BCUT2D eigenvalue weighted by molar-refractivity contribution is 7.99. The smallest absolute Gasteiger partial charge is 0.234 e. The molecule has 0 unspecified atom stereocenters. The van der Waals surface area contributed by atoms with Gasteiger partial charge in [0.2, 0.25) is 5.91 Å². The first kappa shape index (κ1) is 19.3. The minimum Gasteiger partial charge on any atom is -0.486 e. The first-order valence-corrected chi connectivity index (χ1v) is 9.64. The summed E-state index contributed by atoms with van der Waals surface area (Å²) in [6.45, 7) is 2.32. The quantitative estimate of drug-likeness (QED) is 0.603. The van der Waals surface area contributed by atoms with Crippen molar-refractivity contribution in [2.24, 2.45) is 7.05 Å². The van der Waals surface area contributed by atoms with Crippen molar-refractivity contribution in [2.45, 2.75) is 18.7 Å². The fraction of sp³-hybridized carbons (Fsp3) is 0.211. The number of benzene rings is 2. The molecule has 1 aromatic heterocycles. The van der Waals surface area contributed by atoms with Gasteiger partial charge in [-0.05, 0) is 36.8 Å². The van der Waals surface area contributed by atoms with E-state index in [2.05, 4.69) is 15.5 Å². The van der Waals surface area contributed by atoms with E-state index in [1.165, 1.54) is 11.8 Å². The van der Waals surface area contributed by atoms with Gasteiger partial charge in [-0.3, -0.25) is 4.79 Å². The Morgan fingerprint density at radius 2 is 2.04 bits per heavy atom. The predicted molar refractivity (Wildman–Crippen MR) is 107 cm³/mol. The second kappa shape index (κ2) is 8.92. The Kier molecular flexibility index (Phi) is 6.36. The SMILES string of the molecule is Cc1cccc(OCc2nnc(SCC(=O)Nc3ccccc3Cl)n2C)c1. The monoisotopic (exact) mass is 402 g/mol. The highest BCUT2D eigenvalue weighted by Gasteiger charge is 2.13. The van der Waals surface area contributed by atoms with Gasteiger partial charge in [-0.1, -0.05) is 47.6 Å². The summed E-state index contributed by atoms with van der Waals surface area (Å²) in [5.41, 5.74) is 1.72. The summed E-state index contributed by atoms with van der Waals surface area (Å²) in [7, 11) is 1.85. The van der Waals surface area contributed by atoms with Crippen molar-refractivity contribution in [3.05, 3.63) is 64.9 Å². The molecular formula is C19H19ClN4O2S. The van der Waals surface area contributed by atoms with Gasteiger partial charge in [-0.2, -0.15) is 0 Å². The number of rotatable bonds is 7. The van der Waals surface area contributed by atoms with E-state index < -0.39 is 0 Å². The predicted octanol–water partition coefficient (Wildman–Crippen LogP) is 4.09. The number of amides is 1. The lowest BCUT2D eigenvalue weighted by Gasteiger charge is -2.08. The fourth-order valence-electron chi connectivity index (χ4n) is 2.33. The molecule has 140 valence electrons. The van der Waals surface area contributed by atoms with E-state index >= 15 is 0 Å². The van der Waals surface area contributed by atoms with E-state index in [4.69, 9.17) is 16.3 Å². The topological polar surface area (TPSA) is 69.0 Å². The normalized spacial score (nSPS) is 10.6. The largest absolute Gasteiger partial charge is 0.486 e. The maximum atomic E-state index is 12.1. The van der Waals surface area contributed by atoms with Crippen LogP contribution in [0.4, 0.5) is 5.69 Å². The molecule has 0 spiro atoms. The number of nitrogens with one attached hydrogen (secondary N) is 1. The molecule has 6 nitrogen and oxygen atoms in total. The fourth-order valence-corrected chi connectivity index (χ4v) is 3.24. The number of anilines is 1. The molecule has 0 atom stereocenters. The number of ether oxygens (including phenoxy) is 1. The van der Waals surface area contributed by atoms with E-state index in [1.807, 2.05) is 54.9 Å². The van der Waals surface area contributed by atoms with Crippen molar-refractivity contribution in [1.82, 2.24) is 14.8 Å². The number of nitrogens with zero attached hydrogens (tertiary/aromatic N) is 3. The van der Waals surface area contributed by atoms with Crippen LogP contribution < -0.4 is 10.1 Å². The molecule has 0 saturated heterocycles. The van der Waals surface area contributed by atoms with Crippen molar-refractivity contribution in [2.75, 3.05) is 11.1 Å². The van der Waals surface area contributed by atoms with Gasteiger partial charge in [0.15, 0.2) is 11.0 Å². The van der Waals surface area contributed by atoms with Gasteiger partial charge in [0.25, 0.3) is 0 Å². The van der Waals surface area contributed by atoms with Crippen LogP contribution in [-0.4, -0.2) is 26.4 Å². The van der Waals surface area contributed by atoms with Gasteiger partial charge >= 0.3 is 0 Å². The lowest BCUT2D eigenvalue weighted by atomic mass is 10.2. The van der Waals surface area contributed by atoms with Crippen LogP contribution in [0.3, 0.4) is 0 Å². The molecule has 0 aliphatic carbocycles. The van der Waals surface area contributed by atoms with Gasteiger partial charge in [0.05, 0.1) is 16.5 Å². The number of aromatic nitrogens is 3. The number of hydrogen-bond acceptors (Lipinski definition) is 5. The van der Waals surface area contributed by atoms with E-state index in [0.717, 1.165) is 11.3 Å². The minimum atomic E-state index is -0.159. The molecule has 0 radical (unpaired) electrons. The van der Waals surface area contributed by atoms with Crippen LogP contribution in [-0.2, 0) is 18.4 Å². The second-order valence-electron chi connectivity index (χ2n) is 5.88. The summed E-state index contributed by atoms with van der Waals surface area (Å²) < 4.78 is 7.58. The Hall–Kier alpha value is -2.51. The van der Waals surface area contributed by atoms with Crippen LogP contribution in [0, 0.1) is 6.92 Å². The van der Waals surface area contributed by atoms with Crippen molar-refractivity contribution < 1.29 is 9.53 Å². The third-order valence-electron chi connectivity index (χ3n) is 3.76. The Morgan fingerprint density at radius 1 is 1.22 bits per heavy atom. The van der Waals surface area contributed by atoms with Crippen LogP contribution in [0.15, 0.2) is 53.7 Å². The number of carbonyl (C=O) groups excluding carboxylic acids is 1. The molecule has 1 amide bonds. The average Bonchev–Trinajstić information content (AvgIpc) is 3.00. The van der Waals surface area contributed by atoms with Crippen LogP contribution in [0.5, 0.6) is 5.75 Å². The zero-order valence-corrected chi connectivity index (χ0v) is 16.5. The van der Waals surface area contributed by atoms with E-state index in [-0.39, 0.29) is 11.7 Å². The molecule has 1 heterocycles. The van der Waals surface area contributed by atoms with Crippen LogP contribution in [0.25, 0.3) is 0 Å². The van der Waals surface area contributed by atoms with Crippen LogP contribution in [0.1, 0.15) is 11.4 Å². The number of hydrogen-bond donors (Lipinski definition) is 1. The Balaban J connectivity index is 1.54. The van der Waals surface area contributed by atoms with Gasteiger partial charge in [0, 0.05) is 7.05 Å². The maximum Gasteiger partial charge on any atom is 0.234 e. The van der Waals surface area contributed by atoms with Gasteiger partial charge in [-0.25, -0.2) is 0 Å². The maximum absolute atomic E-state index is 12.1. The number of aryl methyl sites for hydroxylation is 1. The zero-order chi connectivity index (χ0) is 19.2. The molecule has 3 aromatic rings. The molecule has 27 heavy (non-hydrogen) atoms. The molecule has 8 heteroatoms. The standard InChI is InChI=1S/C19H19ClN4O2S/c1-13-6-5-7-14(10-13)26-11-17-22-23-19(24(17)2)27-12-18(25)21-16-9-4-3-8-15(16)20/h3-10H,11-12H2,1-2H3,(H,21,25). The van der Waals surface area contributed by atoms with E-state index in [1.54, 1.807) is 12.1 Å². The molecule has 0 aliphatic rings. The van der Waals surface area contributed by atoms with E-state index in [0.29, 0.717) is 28.3 Å². The number of halogens is 1. The number of para-hydroxylation sites is 1. The lowest BCUT2D eigenvalue weighted by Crippen LogP contribution is -2.14. The van der Waals surface area contributed by atoms with Gasteiger partial charge < -0.3 is 14.6 Å². The van der Waals surface area contributed by atoms with Gasteiger partial charge in [-0.15, -0.1) is 10.2 Å². The molecule has 0 saturated carbocycles. The molecule has 1 N–H and O–H groups in total. The molecule has 3 rings (SSSR count). The molecule has 2 aromatic carbocycles. The molecule has 0 bridgehead atoms.